The van der Waals surface area contributed by atoms with Gasteiger partial charge in [-0.05, 0) is 20.8 Å². The van der Waals surface area contributed by atoms with Gasteiger partial charge < -0.3 is 11.1 Å². The minimum absolute atomic E-state index is 0.401. The Morgan fingerprint density at radius 1 is 1.48 bits per heavy atom. The van der Waals surface area contributed by atoms with Gasteiger partial charge in [0.1, 0.15) is 12.4 Å². The number of carbonyl (C=O) groups excluding carboxylic acids is 1. The molecule has 1 amide bonds. The predicted molar refractivity (Wildman–Crippen MR) is 76.3 cm³/mol. The lowest BCUT2D eigenvalue weighted by molar-refractivity contribution is -0.115. The first-order chi connectivity index (χ1) is 10.0. The van der Waals surface area contributed by atoms with Gasteiger partial charge in [-0.2, -0.15) is 15.2 Å². The van der Waals surface area contributed by atoms with Crippen LogP contribution in [0.3, 0.4) is 0 Å². The molecule has 0 aliphatic carbocycles. The van der Waals surface area contributed by atoms with Crippen molar-refractivity contribution in [1.82, 2.24) is 24.5 Å². The summed E-state index contributed by atoms with van der Waals surface area (Å²) < 4.78 is 3.49. The summed E-state index contributed by atoms with van der Waals surface area (Å²) in [6.45, 7) is 6.49. The maximum Gasteiger partial charge on any atom is 0.248 e. The predicted octanol–water partition coefficient (Wildman–Crippen LogP) is 0.577. The number of hydrogen-bond acceptors (Lipinski definition) is 5. The highest BCUT2D eigenvalue weighted by Crippen LogP contribution is 2.35. The monoisotopic (exact) mass is 287 g/mol. The molecule has 0 fully saturated rings. The SMILES string of the molecule is CCn1cc(C2C(C(N)=O)=C(C)Nc3ncnn32)c(C)n1. The number of aryl methyl sites for hydroxylation is 2. The van der Waals surface area contributed by atoms with Crippen molar-refractivity contribution in [1.29, 1.82) is 0 Å². The third-order valence-corrected chi connectivity index (χ3v) is 3.66. The minimum atomic E-state index is -0.477. The first-order valence-electron chi connectivity index (χ1n) is 6.74. The van der Waals surface area contributed by atoms with Gasteiger partial charge >= 0.3 is 0 Å². The summed E-state index contributed by atoms with van der Waals surface area (Å²) in [4.78, 5) is 16.1. The molecular weight excluding hydrogens is 270 g/mol. The van der Waals surface area contributed by atoms with Gasteiger partial charge in [0.25, 0.3) is 0 Å². The maximum absolute atomic E-state index is 11.9. The molecule has 0 saturated carbocycles. The fourth-order valence-electron chi connectivity index (χ4n) is 2.66. The lowest BCUT2D eigenvalue weighted by atomic mass is 9.96. The van der Waals surface area contributed by atoms with Crippen LogP contribution in [0.25, 0.3) is 0 Å². The summed E-state index contributed by atoms with van der Waals surface area (Å²) in [6, 6.07) is -0.401. The Labute approximate surface area is 121 Å². The van der Waals surface area contributed by atoms with Gasteiger partial charge in [0.05, 0.1) is 11.3 Å². The fraction of sp³-hybridized carbons (Fsp3) is 0.385. The van der Waals surface area contributed by atoms with E-state index in [0.29, 0.717) is 17.2 Å². The van der Waals surface area contributed by atoms with Crippen LogP contribution >= 0.6 is 0 Å². The van der Waals surface area contributed by atoms with Crippen molar-refractivity contribution in [2.24, 2.45) is 5.73 Å². The van der Waals surface area contributed by atoms with Crippen molar-refractivity contribution < 1.29 is 4.79 Å². The van der Waals surface area contributed by atoms with Gasteiger partial charge in [-0.25, -0.2) is 4.68 Å². The van der Waals surface area contributed by atoms with Crippen LogP contribution in [0.1, 0.15) is 31.1 Å². The number of allylic oxidation sites excluding steroid dienone is 1. The van der Waals surface area contributed by atoms with Gasteiger partial charge in [-0.3, -0.25) is 9.48 Å². The van der Waals surface area contributed by atoms with Crippen molar-refractivity contribution in [3.8, 4) is 0 Å². The Kier molecular flexibility index (Phi) is 3.00. The Bertz CT molecular complexity index is 740. The second-order valence-corrected chi connectivity index (χ2v) is 4.98. The third kappa shape index (κ3) is 1.99. The quantitative estimate of drug-likeness (QED) is 0.859. The number of aromatic nitrogens is 5. The van der Waals surface area contributed by atoms with E-state index < -0.39 is 11.9 Å². The Hall–Kier alpha value is -2.64. The number of fused-ring (bicyclic) bond motifs is 1. The van der Waals surface area contributed by atoms with E-state index in [1.165, 1.54) is 6.33 Å². The number of hydrogen-bond donors (Lipinski definition) is 2. The molecule has 3 rings (SSSR count). The second-order valence-electron chi connectivity index (χ2n) is 4.98. The van der Waals surface area contributed by atoms with Gasteiger partial charge in [0, 0.05) is 24.0 Å². The van der Waals surface area contributed by atoms with Crippen LogP contribution in [0.15, 0.2) is 23.8 Å². The lowest BCUT2D eigenvalue weighted by Gasteiger charge is -2.27. The van der Waals surface area contributed by atoms with Gasteiger partial charge in [-0.1, -0.05) is 0 Å². The summed E-state index contributed by atoms with van der Waals surface area (Å²) in [7, 11) is 0. The highest BCUT2D eigenvalue weighted by atomic mass is 16.1. The number of anilines is 1. The molecule has 1 aliphatic rings. The maximum atomic E-state index is 11.9. The molecule has 2 aromatic heterocycles. The normalized spacial score (nSPS) is 17.6. The summed E-state index contributed by atoms with van der Waals surface area (Å²) >= 11 is 0. The molecule has 0 radical (unpaired) electrons. The van der Waals surface area contributed by atoms with Crippen molar-refractivity contribution in [2.45, 2.75) is 33.4 Å². The van der Waals surface area contributed by atoms with Gasteiger partial charge in [0.2, 0.25) is 11.9 Å². The average Bonchev–Trinajstić information content (AvgIpc) is 3.02. The number of nitrogens with two attached hydrogens (primary N) is 1. The fourth-order valence-corrected chi connectivity index (χ4v) is 2.66. The summed E-state index contributed by atoms with van der Waals surface area (Å²) in [6.07, 6.45) is 3.37. The summed E-state index contributed by atoms with van der Waals surface area (Å²) in [5.41, 5.74) is 8.49. The van der Waals surface area contributed by atoms with E-state index in [1.807, 2.05) is 31.6 Å². The van der Waals surface area contributed by atoms with Crippen molar-refractivity contribution >= 4 is 11.9 Å². The molecule has 3 heterocycles. The molecule has 0 aromatic carbocycles. The molecule has 1 atom stereocenters. The van der Waals surface area contributed by atoms with Crippen LogP contribution in [-0.4, -0.2) is 30.5 Å². The molecule has 8 heteroatoms. The summed E-state index contributed by atoms with van der Waals surface area (Å²) in [5, 5.41) is 11.7. The molecule has 3 N–H and O–H groups in total. The van der Waals surface area contributed by atoms with Crippen molar-refractivity contribution in [3.63, 3.8) is 0 Å². The van der Waals surface area contributed by atoms with Crippen LogP contribution < -0.4 is 11.1 Å². The van der Waals surface area contributed by atoms with E-state index in [4.69, 9.17) is 5.73 Å². The van der Waals surface area contributed by atoms with Gasteiger partial charge in [-0.15, -0.1) is 0 Å². The molecule has 21 heavy (non-hydrogen) atoms. The average molecular weight is 287 g/mol. The molecule has 0 bridgehead atoms. The van der Waals surface area contributed by atoms with Crippen LogP contribution in [0.5, 0.6) is 0 Å². The standard InChI is InChI=1S/C13H17N7O/c1-4-19-5-9(7(2)18-19)11-10(12(14)21)8(3)17-13-15-6-16-20(11)13/h5-6,11H,4H2,1-3H3,(H2,14,21)(H,15,16,17). The number of nitrogens with zero attached hydrogens (tertiary/aromatic N) is 5. The Morgan fingerprint density at radius 3 is 2.86 bits per heavy atom. The third-order valence-electron chi connectivity index (χ3n) is 3.66. The smallest absolute Gasteiger partial charge is 0.248 e. The molecule has 110 valence electrons. The van der Waals surface area contributed by atoms with Crippen molar-refractivity contribution in [2.75, 3.05) is 5.32 Å². The number of primary amides is 1. The minimum Gasteiger partial charge on any atom is -0.366 e. The zero-order valence-corrected chi connectivity index (χ0v) is 12.2. The number of rotatable bonds is 3. The van der Waals surface area contributed by atoms with E-state index in [0.717, 1.165) is 17.8 Å². The lowest BCUT2D eigenvalue weighted by Crippen LogP contribution is -2.32. The van der Waals surface area contributed by atoms with E-state index in [2.05, 4.69) is 20.5 Å². The second kappa shape index (κ2) is 4.72. The molecular formula is C13H17N7O. The highest BCUT2D eigenvalue weighted by Gasteiger charge is 2.34. The first kappa shape index (κ1) is 13.3. The van der Waals surface area contributed by atoms with E-state index >= 15 is 0 Å². The highest BCUT2D eigenvalue weighted by molar-refractivity contribution is 5.95. The van der Waals surface area contributed by atoms with Crippen molar-refractivity contribution in [3.05, 3.63) is 35.1 Å². The molecule has 0 spiro atoms. The van der Waals surface area contributed by atoms with E-state index in [9.17, 15) is 4.79 Å². The summed E-state index contributed by atoms with van der Waals surface area (Å²) in [5.74, 6) is 0.112. The first-order valence-corrected chi connectivity index (χ1v) is 6.74. The molecule has 1 unspecified atom stereocenters. The molecule has 2 aromatic rings. The number of amides is 1. The van der Waals surface area contributed by atoms with E-state index in [-0.39, 0.29) is 0 Å². The largest absolute Gasteiger partial charge is 0.366 e. The van der Waals surface area contributed by atoms with Gasteiger partial charge in [0.15, 0.2) is 0 Å². The Morgan fingerprint density at radius 2 is 2.24 bits per heavy atom. The van der Waals surface area contributed by atoms with Crippen LogP contribution in [0, 0.1) is 6.92 Å². The molecule has 0 saturated heterocycles. The number of carbonyl (C=O) groups is 1. The Balaban J connectivity index is 2.21. The van der Waals surface area contributed by atoms with Crippen LogP contribution in [0.4, 0.5) is 5.95 Å². The molecule has 8 nitrogen and oxygen atoms in total. The van der Waals surface area contributed by atoms with Crippen LogP contribution in [0.2, 0.25) is 0 Å². The zero-order chi connectivity index (χ0) is 15.1. The number of nitrogens with one attached hydrogen (secondary N) is 1. The topological polar surface area (TPSA) is 104 Å². The van der Waals surface area contributed by atoms with E-state index in [1.54, 1.807) is 4.68 Å². The van der Waals surface area contributed by atoms with Crippen LogP contribution in [-0.2, 0) is 11.3 Å². The zero-order valence-electron chi connectivity index (χ0n) is 12.2. The molecule has 1 aliphatic heterocycles.